The van der Waals surface area contributed by atoms with E-state index in [2.05, 4.69) is 19.1 Å². The second-order valence-electron chi connectivity index (χ2n) is 8.75. The number of aryl methyl sites for hydroxylation is 4. The molecule has 33 heavy (non-hydrogen) atoms. The van der Waals surface area contributed by atoms with Crippen LogP contribution in [-0.4, -0.2) is 0 Å². The maximum absolute atomic E-state index is 14.7. The van der Waals surface area contributed by atoms with Gasteiger partial charge in [-0.2, -0.15) is 0 Å². The van der Waals surface area contributed by atoms with Gasteiger partial charge in [0.05, 0.1) is 0 Å². The lowest BCUT2D eigenvalue weighted by Crippen LogP contribution is -2.04. The van der Waals surface area contributed by atoms with Gasteiger partial charge in [0.2, 0.25) is 0 Å². The summed E-state index contributed by atoms with van der Waals surface area (Å²) in [6.45, 7) is 4.10. The molecule has 176 valence electrons. The molecule has 0 saturated carbocycles. The van der Waals surface area contributed by atoms with Gasteiger partial charge in [-0.05, 0) is 91.5 Å². The van der Waals surface area contributed by atoms with Crippen molar-refractivity contribution in [3.8, 4) is 0 Å². The van der Waals surface area contributed by atoms with Crippen molar-refractivity contribution in [3.63, 3.8) is 0 Å². The fraction of sp³-hybridized carbons (Fsp3) is 0.379. The monoisotopic (exact) mass is 456 g/mol. The van der Waals surface area contributed by atoms with Gasteiger partial charge in [0, 0.05) is 11.1 Å². The Morgan fingerprint density at radius 3 is 1.27 bits per heavy atom. The fourth-order valence-electron chi connectivity index (χ4n) is 4.16. The summed E-state index contributed by atoms with van der Waals surface area (Å²) in [4.78, 5) is 0. The minimum atomic E-state index is -0.608. The predicted molar refractivity (Wildman–Crippen MR) is 127 cm³/mol. The summed E-state index contributed by atoms with van der Waals surface area (Å²) in [6, 6.07) is 13.5. The largest absolute Gasteiger partial charge is 0.207 e. The molecular formula is C29H32F4. The molecule has 3 aromatic carbocycles. The molecule has 0 N–H and O–H groups in total. The Kier molecular flexibility index (Phi) is 9.11. The quantitative estimate of drug-likeness (QED) is 0.256. The Hall–Kier alpha value is -2.62. The maximum Gasteiger partial charge on any atom is 0.129 e. The van der Waals surface area contributed by atoms with E-state index < -0.39 is 23.3 Å². The maximum atomic E-state index is 14.7. The van der Waals surface area contributed by atoms with Crippen LogP contribution in [0, 0.1) is 23.3 Å². The van der Waals surface area contributed by atoms with E-state index in [0.29, 0.717) is 24.0 Å². The molecule has 0 aromatic heterocycles. The second-order valence-corrected chi connectivity index (χ2v) is 8.75. The van der Waals surface area contributed by atoms with Crippen molar-refractivity contribution in [2.45, 2.75) is 71.6 Å². The minimum absolute atomic E-state index is 0.0397. The normalized spacial score (nSPS) is 11.2. The lowest BCUT2D eigenvalue weighted by molar-refractivity contribution is 0.544. The molecule has 0 unspecified atom stereocenters. The van der Waals surface area contributed by atoms with Crippen LogP contribution in [0.2, 0.25) is 0 Å². The van der Waals surface area contributed by atoms with Crippen LogP contribution in [0.3, 0.4) is 0 Å². The molecule has 0 aliphatic rings. The molecule has 3 rings (SSSR count). The van der Waals surface area contributed by atoms with Crippen molar-refractivity contribution in [3.05, 3.63) is 105 Å². The van der Waals surface area contributed by atoms with E-state index in [-0.39, 0.29) is 30.4 Å². The van der Waals surface area contributed by atoms with Crippen molar-refractivity contribution in [2.75, 3.05) is 0 Å². The second kappa shape index (κ2) is 12.0. The average molecular weight is 457 g/mol. The highest BCUT2D eigenvalue weighted by Crippen LogP contribution is 2.22. The van der Waals surface area contributed by atoms with Gasteiger partial charge >= 0.3 is 0 Å². The van der Waals surface area contributed by atoms with Gasteiger partial charge in [0.15, 0.2) is 0 Å². The Balaban J connectivity index is 1.63. The Morgan fingerprint density at radius 1 is 0.455 bits per heavy atom. The molecule has 0 aliphatic carbocycles. The third kappa shape index (κ3) is 6.93. The summed E-state index contributed by atoms with van der Waals surface area (Å²) in [5, 5.41) is 0. The molecule has 0 amide bonds. The van der Waals surface area contributed by atoms with E-state index in [0.717, 1.165) is 31.2 Å². The summed E-state index contributed by atoms with van der Waals surface area (Å²) in [6.07, 6.45) is 5.74. The van der Waals surface area contributed by atoms with E-state index in [1.807, 2.05) is 19.1 Å². The fourth-order valence-corrected chi connectivity index (χ4v) is 4.16. The van der Waals surface area contributed by atoms with Crippen LogP contribution < -0.4 is 0 Å². The van der Waals surface area contributed by atoms with Gasteiger partial charge in [0.1, 0.15) is 23.3 Å². The summed E-state index contributed by atoms with van der Waals surface area (Å²) in [5.41, 5.74) is 3.33. The molecule has 0 spiro atoms. The van der Waals surface area contributed by atoms with Crippen molar-refractivity contribution >= 4 is 0 Å². The molecule has 0 aliphatic heterocycles. The molecule has 0 nitrogen and oxygen atoms in total. The minimum Gasteiger partial charge on any atom is -0.207 e. The van der Waals surface area contributed by atoms with Crippen LogP contribution in [0.5, 0.6) is 0 Å². The smallest absolute Gasteiger partial charge is 0.129 e. The summed E-state index contributed by atoms with van der Waals surface area (Å²) in [7, 11) is 0. The van der Waals surface area contributed by atoms with Crippen LogP contribution in [0.1, 0.15) is 66.5 Å². The first-order chi connectivity index (χ1) is 15.9. The first-order valence-corrected chi connectivity index (χ1v) is 11.9. The number of rotatable bonds is 11. The number of hydrogen-bond donors (Lipinski definition) is 0. The van der Waals surface area contributed by atoms with E-state index >= 15 is 0 Å². The van der Waals surface area contributed by atoms with Crippen LogP contribution in [0.15, 0.2) is 48.5 Å². The molecular weight excluding hydrogens is 424 g/mol. The van der Waals surface area contributed by atoms with Gasteiger partial charge in [-0.15, -0.1) is 0 Å². The highest BCUT2D eigenvalue weighted by atomic mass is 19.1. The third-order valence-corrected chi connectivity index (χ3v) is 6.11. The Morgan fingerprint density at radius 2 is 0.848 bits per heavy atom. The Bertz CT molecular complexity index is 1010. The molecule has 3 aromatic rings. The van der Waals surface area contributed by atoms with Crippen LogP contribution in [0.25, 0.3) is 0 Å². The molecule has 4 heteroatoms. The lowest BCUT2D eigenvalue weighted by Gasteiger charge is -2.11. The predicted octanol–water partition coefficient (Wildman–Crippen LogP) is 8.11. The van der Waals surface area contributed by atoms with Crippen molar-refractivity contribution < 1.29 is 17.6 Å². The summed E-state index contributed by atoms with van der Waals surface area (Å²) < 4.78 is 57.9. The highest BCUT2D eigenvalue weighted by molar-refractivity contribution is 5.31. The van der Waals surface area contributed by atoms with Gasteiger partial charge in [-0.3, -0.25) is 0 Å². The zero-order valence-corrected chi connectivity index (χ0v) is 19.5. The van der Waals surface area contributed by atoms with E-state index in [4.69, 9.17) is 0 Å². The highest BCUT2D eigenvalue weighted by Gasteiger charge is 2.15. The molecule has 0 atom stereocenters. The van der Waals surface area contributed by atoms with Crippen molar-refractivity contribution in [2.24, 2.45) is 0 Å². The third-order valence-electron chi connectivity index (χ3n) is 6.11. The SMILES string of the molecule is CCCCc1ccc(CCc2c(F)cc(CCc3c(F)cc(CCC)cc3F)cc2F)cc1. The van der Waals surface area contributed by atoms with Gasteiger partial charge in [-0.1, -0.05) is 51.0 Å². The van der Waals surface area contributed by atoms with Gasteiger partial charge in [0.25, 0.3) is 0 Å². The van der Waals surface area contributed by atoms with Crippen LogP contribution in [-0.2, 0) is 38.5 Å². The first-order valence-electron chi connectivity index (χ1n) is 11.9. The molecule has 0 saturated heterocycles. The number of unbranched alkanes of at least 4 members (excludes halogenated alkanes) is 1. The van der Waals surface area contributed by atoms with Gasteiger partial charge in [-0.25, -0.2) is 17.6 Å². The molecule has 0 radical (unpaired) electrons. The topological polar surface area (TPSA) is 0 Å². The van der Waals surface area contributed by atoms with Crippen LogP contribution in [0.4, 0.5) is 17.6 Å². The number of benzene rings is 3. The summed E-state index contributed by atoms with van der Waals surface area (Å²) >= 11 is 0. The zero-order valence-electron chi connectivity index (χ0n) is 19.5. The van der Waals surface area contributed by atoms with Crippen LogP contribution >= 0.6 is 0 Å². The first kappa shape index (κ1) is 25.0. The standard InChI is InChI=1S/C29H32F4/c1-3-5-7-20-8-10-21(11-9-20)12-14-24-28(32)18-23(19-29(24)33)13-15-25-26(30)16-22(6-4-2)17-27(25)31/h8-11,16-19H,3-7,12-15H2,1-2H3. The van der Waals surface area contributed by atoms with Crippen molar-refractivity contribution in [1.29, 1.82) is 0 Å². The van der Waals surface area contributed by atoms with Gasteiger partial charge < -0.3 is 0 Å². The molecule has 0 heterocycles. The van der Waals surface area contributed by atoms with E-state index in [1.165, 1.54) is 29.8 Å². The Labute approximate surface area is 194 Å². The lowest BCUT2D eigenvalue weighted by atomic mass is 9.97. The average Bonchev–Trinajstić information content (AvgIpc) is 2.77. The zero-order chi connectivity index (χ0) is 23.8. The van der Waals surface area contributed by atoms with Crippen molar-refractivity contribution in [1.82, 2.24) is 0 Å². The summed E-state index contributed by atoms with van der Waals surface area (Å²) in [5.74, 6) is -2.42. The van der Waals surface area contributed by atoms with E-state index in [9.17, 15) is 17.6 Å². The molecule has 0 bridgehead atoms. The number of hydrogen-bond acceptors (Lipinski definition) is 0. The number of halogens is 4. The molecule has 0 fully saturated rings. The van der Waals surface area contributed by atoms with E-state index in [1.54, 1.807) is 0 Å².